The Morgan fingerprint density at radius 3 is 2.46 bits per heavy atom. The van der Waals surface area contributed by atoms with Crippen molar-refractivity contribution in [2.24, 2.45) is 5.16 Å². The predicted octanol–water partition coefficient (Wildman–Crippen LogP) is 4.31. The molecule has 0 aromatic heterocycles. The summed E-state index contributed by atoms with van der Waals surface area (Å²) in [6, 6.07) is 11.1. The fourth-order valence-electron chi connectivity index (χ4n) is 2.07. The maximum Gasteiger partial charge on any atom is 0.179 e. The van der Waals surface area contributed by atoms with Crippen LogP contribution >= 0.6 is 11.6 Å². The SMILES string of the molecule is CCOc1cc(C=NO)cc(Cl)c1OCCOc1ccc(C)cc1. The van der Waals surface area contributed by atoms with Crippen LogP contribution in [-0.4, -0.2) is 31.2 Å². The van der Waals surface area contributed by atoms with Crippen molar-refractivity contribution in [3.8, 4) is 17.2 Å². The number of hydrogen-bond acceptors (Lipinski definition) is 5. The van der Waals surface area contributed by atoms with Crippen molar-refractivity contribution in [2.45, 2.75) is 13.8 Å². The van der Waals surface area contributed by atoms with Crippen LogP contribution in [0.4, 0.5) is 0 Å². The van der Waals surface area contributed by atoms with E-state index in [-0.39, 0.29) is 0 Å². The molecule has 5 nitrogen and oxygen atoms in total. The van der Waals surface area contributed by atoms with Crippen molar-refractivity contribution < 1.29 is 19.4 Å². The third-order valence-electron chi connectivity index (χ3n) is 3.16. The molecule has 24 heavy (non-hydrogen) atoms. The molecule has 0 unspecified atom stereocenters. The van der Waals surface area contributed by atoms with E-state index in [2.05, 4.69) is 5.16 Å². The highest BCUT2D eigenvalue weighted by atomic mass is 35.5. The van der Waals surface area contributed by atoms with E-state index in [1.165, 1.54) is 11.8 Å². The summed E-state index contributed by atoms with van der Waals surface area (Å²) in [7, 11) is 0. The van der Waals surface area contributed by atoms with Gasteiger partial charge in [-0.15, -0.1) is 0 Å². The van der Waals surface area contributed by atoms with Gasteiger partial charge in [0.15, 0.2) is 11.5 Å². The third kappa shape index (κ3) is 5.06. The first kappa shape index (κ1) is 17.9. The minimum Gasteiger partial charge on any atom is -0.490 e. The minimum atomic E-state index is 0.321. The van der Waals surface area contributed by atoms with E-state index in [9.17, 15) is 0 Å². The molecule has 2 aromatic carbocycles. The van der Waals surface area contributed by atoms with Crippen LogP contribution in [0.2, 0.25) is 5.02 Å². The first-order chi connectivity index (χ1) is 11.6. The molecule has 0 saturated carbocycles. The third-order valence-corrected chi connectivity index (χ3v) is 3.44. The number of nitrogens with zero attached hydrogens (tertiary/aromatic N) is 1. The molecule has 0 saturated heterocycles. The van der Waals surface area contributed by atoms with Crippen LogP contribution in [0.3, 0.4) is 0 Å². The number of benzene rings is 2. The first-order valence-corrected chi connectivity index (χ1v) is 7.98. The van der Waals surface area contributed by atoms with Gasteiger partial charge in [-0.3, -0.25) is 0 Å². The van der Waals surface area contributed by atoms with E-state index >= 15 is 0 Å². The molecule has 0 aliphatic rings. The predicted molar refractivity (Wildman–Crippen MR) is 94.2 cm³/mol. The lowest BCUT2D eigenvalue weighted by Crippen LogP contribution is -2.10. The van der Waals surface area contributed by atoms with Crippen molar-refractivity contribution in [3.63, 3.8) is 0 Å². The van der Waals surface area contributed by atoms with Crippen LogP contribution in [0.15, 0.2) is 41.6 Å². The van der Waals surface area contributed by atoms with Gasteiger partial charge in [0.2, 0.25) is 0 Å². The van der Waals surface area contributed by atoms with Crippen molar-refractivity contribution >= 4 is 17.8 Å². The number of ether oxygens (including phenoxy) is 3. The molecule has 0 fully saturated rings. The van der Waals surface area contributed by atoms with Crippen LogP contribution in [0.1, 0.15) is 18.1 Å². The highest BCUT2D eigenvalue weighted by Crippen LogP contribution is 2.36. The summed E-state index contributed by atoms with van der Waals surface area (Å²) in [6.45, 7) is 5.05. The monoisotopic (exact) mass is 349 g/mol. The highest BCUT2D eigenvalue weighted by molar-refractivity contribution is 6.32. The van der Waals surface area contributed by atoms with E-state index in [0.717, 1.165) is 5.75 Å². The Bertz CT molecular complexity index is 686. The topological polar surface area (TPSA) is 60.3 Å². The lowest BCUT2D eigenvalue weighted by Gasteiger charge is -2.14. The summed E-state index contributed by atoms with van der Waals surface area (Å²) in [5, 5.41) is 12.0. The van der Waals surface area contributed by atoms with Crippen LogP contribution in [-0.2, 0) is 0 Å². The molecule has 0 aliphatic heterocycles. The maximum atomic E-state index is 8.64. The second-order valence-corrected chi connectivity index (χ2v) is 5.42. The van der Waals surface area contributed by atoms with Gasteiger partial charge in [0.05, 0.1) is 17.8 Å². The van der Waals surface area contributed by atoms with Gasteiger partial charge in [0.1, 0.15) is 19.0 Å². The molecule has 0 atom stereocenters. The van der Waals surface area contributed by atoms with Gasteiger partial charge in [0.25, 0.3) is 0 Å². The minimum absolute atomic E-state index is 0.321. The zero-order valence-electron chi connectivity index (χ0n) is 13.7. The molecule has 1 N–H and O–H groups in total. The molecule has 0 amide bonds. The summed E-state index contributed by atoms with van der Waals surface area (Å²) in [4.78, 5) is 0. The number of halogens is 1. The van der Waals surface area contributed by atoms with Crippen molar-refractivity contribution in [2.75, 3.05) is 19.8 Å². The van der Waals surface area contributed by atoms with Crippen molar-refractivity contribution in [1.29, 1.82) is 0 Å². The van der Waals surface area contributed by atoms with Crippen LogP contribution in [0.5, 0.6) is 17.2 Å². The van der Waals surface area contributed by atoms with E-state index in [1.807, 2.05) is 38.1 Å². The molecule has 6 heteroatoms. The summed E-state index contributed by atoms with van der Waals surface area (Å²) >= 11 is 6.23. The molecule has 0 bridgehead atoms. The standard InChI is InChI=1S/C18H20ClNO4/c1-3-22-17-11-14(12-20-21)10-16(19)18(17)24-9-8-23-15-6-4-13(2)5-7-15/h4-7,10-12,21H,3,8-9H2,1-2H3. The van der Waals surface area contributed by atoms with E-state index < -0.39 is 0 Å². The average Bonchev–Trinajstić information content (AvgIpc) is 2.55. The molecular formula is C18H20ClNO4. The largest absolute Gasteiger partial charge is 0.490 e. The second kappa shape index (κ2) is 9.03. The summed E-state index contributed by atoms with van der Waals surface area (Å²) < 4.78 is 16.9. The van der Waals surface area contributed by atoms with Crippen LogP contribution < -0.4 is 14.2 Å². The first-order valence-electron chi connectivity index (χ1n) is 7.60. The lowest BCUT2D eigenvalue weighted by molar-refractivity contribution is 0.208. The van der Waals surface area contributed by atoms with Gasteiger partial charge in [-0.05, 0) is 38.1 Å². The smallest absolute Gasteiger partial charge is 0.179 e. The zero-order valence-corrected chi connectivity index (χ0v) is 14.4. The van der Waals surface area contributed by atoms with Gasteiger partial charge in [0, 0.05) is 5.56 Å². The molecule has 128 valence electrons. The van der Waals surface area contributed by atoms with Crippen molar-refractivity contribution in [3.05, 3.63) is 52.5 Å². The molecule has 0 heterocycles. The Hall–Kier alpha value is -2.40. The molecule has 0 aliphatic carbocycles. The summed E-state index contributed by atoms with van der Waals surface area (Å²) in [6.07, 6.45) is 1.28. The van der Waals surface area contributed by atoms with Gasteiger partial charge in [-0.1, -0.05) is 34.5 Å². The van der Waals surface area contributed by atoms with E-state index in [4.69, 9.17) is 31.0 Å². The fourth-order valence-corrected chi connectivity index (χ4v) is 2.34. The van der Waals surface area contributed by atoms with E-state index in [1.54, 1.807) is 12.1 Å². The zero-order chi connectivity index (χ0) is 17.4. The maximum absolute atomic E-state index is 8.64. The number of hydrogen-bond donors (Lipinski definition) is 1. The normalized spacial score (nSPS) is 10.8. The Kier molecular flexibility index (Phi) is 6.75. The Morgan fingerprint density at radius 1 is 1.08 bits per heavy atom. The summed E-state index contributed by atoms with van der Waals surface area (Å²) in [5.74, 6) is 1.73. The number of rotatable bonds is 8. The Morgan fingerprint density at radius 2 is 1.79 bits per heavy atom. The second-order valence-electron chi connectivity index (χ2n) is 5.02. The van der Waals surface area contributed by atoms with Gasteiger partial charge >= 0.3 is 0 Å². The molecule has 0 radical (unpaired) electrons. The van der Waals surface area contributed by atoms with Crippen molar-refractivity contribution in [1.82, 2.24) is 0 Å². The Balaban J connectivity index is 1.99. The van der Waals surface area contributed by atoms with Crippen LogP contribution in [0.25, 0.3) is 0 Å². The fraction of sp³-hybridized carbons (Fsp3) is 0.278. The number of oxime groups is 1. The Labute approximate surface area is 146 Å². The molecular weight excluding hydrogens is 330 g/mol. The quantitative estimate of drug-likeness (QED) is 0.334. The van der Waals surface area contributed by atoms with Crippen LogP contribution in [0, 0.1) is 6.92 Å². The lowest BCUT2D eigenvalue weighted by atomic mass is 10.2. The average molecular weight is 350 g/mol. The molecule has 2 rings (SSSR count). The molecule has 0 spiro atoms. The number of aryl methyl sites for hydroxylation is 1. The van der Waals surface area contributed by atoms with Gasteiger partial charge < -0.3 is 19.4 Å². The van der Waals surface area contributed by atoms with Gasteiger partial charge in [-0.2, -0.15) is 0 Å². The molecule has 2 aromatic rings. The summed E-state index contributed by atoms with van der Waals surface area (Å²) in [5.41, 5.74) is 1.80. The highest BCUT2D eigenvalue weighted by Gasteiger charge is 2.12. The van der Waals surface area contributed by atoms with Gasteiger partial charge in [-0.25, -0.2) is 0 Å². The van der Waals surface area contributed by atoms with E-state index in [0.29, 0.717) is 41.9 Å².